The predicted molar refractivity (Wildman–Crippen MR) is 79.1 cm³/mol. The number of aryl methyl sites for hydroxylation is 1. The third kappa shape index (κ3) is 4.06. The van der Waals surface area contributed by atoms with Crippen LogP contribution in [0.4, 0.5) is 13.2 Å². The Morgan fingerprint density at radius 2 is 2.08 bits per heavy atom. The summed E-state index contributed by atoms with van der Waals surface area (Å²) < 4.78 is 40.1. The van der Waals surface area contributed by atoms with E-state index in [4.69, 9.17) is 0 Å². The average Bonchev–Trinajstić information content (AvgIpc) is 3.00. The maximum atomic E-state index is 12.2. The first-order valence-corrected chi connectivity index (χ1v) is 7.54. The fourth-order valence-electron chi connectivity index (χ4n) is 2.77. The second-order valence-electron chi connectivity index (χ2n) is 5.68. The Balaban J connectivity index is 1.51. The fraction of sp³-hybridized carbons (Fsp3) is 0.375. The molecule has 1 atom stereocenters. The fourth-order valence-corrected chi connectivity index (χ4v) is 2.77. The van der Waals surface area contributed by atoms with Gasteiger partial charge in [0.1, 0.15) is 5.75 Å². The maximum absolute atomic E-state index is 12.2. The van der Waals surface area contributed by atoms with Gasteiger partial charge in [-0.05, 0) is 30.5 Å². The molecule has 0 fully saturated rings. The van der Waals surface area contributed by atoms with Crippen molar-refractivity contribution in [2.75, 3.05) is 0 Å². The van der Waals surface area contributed by atoms with Crippen LogP contribution in [0.25, 0.3) is 0 Å². The molecule has 3 rings (SSSR count). The number of amides is 1. The van der Waals surface area contributed by atoms with E-state index in [1.54, 1.807) is 6.33 Å². The molecule has 1 amide bonds. The van der Waals surface area contributed by atoms with Crippen molar-refractivity contribution in [2.45, 2.75) is 32.2 Å². The van der Waals surface area contributed by atoms with Gasteiger partial charge in [0.25, 0.3) is 0 Å². The number of aromatic nitrogens is 2. The molecule has 2 aromatic rings. The SMILES string of the molecule is O=C(NCc1ccc(OC(F)(F)F)cc1)[C@H]1CCc2nc[nH]c2C1. The van der Waals surface area contributed by atoms with Gasteiger partial charge in [-0.2, -0.15) is 0 Å². The summed E-state index contributed by atoms with van der Waals surface area (Å²) in [6, 6.07) is 5.45. The third-order valence-electron chi connectivity index (χ3n) is 3.98. The Morgan fingerprint density at radius 1 is 1.33 bits per heavy atom. The standard InChI is InChI=1S/C16H16F3N3O2/c17-16(18,19)24-12-4-1-10(2-5-12)8-20-15(23)11-3-6-13-14(7-11)22-9-21-13/h1-2,4-5,9,11H,3,6-8H2,(H,20,23)(H,21,22)/t11-/m0/s1. The minimum Gasteiger partial charge on any atom is -0.406 e. The predicted octanol–water partition coefficient (Wildman–Crippen LogP) is 2.73. The molecule has 0 radical (unpaired) electrons. The molecule has 0 saturated heterocycles. The van der Waals surface area contributed by atoms with E-state index in [-0.39, 0.29) is 24.1 Å². The van der Waals surface area contributed by atoms with Crippen LogP contribution in [-0.4, -0.2) is 22.2 Å². The number of nitrogens with zero attached hydrogens (tertiary/aromatic N) is 1. The molecular formula is C16H16F3N3O2. The molecule has 5 nitrogen and oxygen atoms in total. The number of ether oxygens (including phenoxy) is 1. The number of nitrogens with one attached hydrogen (secondary N) is 2. The van der Waals surface area contributed by atoms with Gasteiger partial charge < -0.3 is 15.0 Å². The van der Waals surface area contributed by atoms with Crippen LogP contribution in [0.5, 0.6) is 5.75 Å². The van der Waals surface area contributed by atoms with Gasteiger partial charge in [0, 0.05) is 24.6 Å². The van der Waals surface area contributed by atoms with Crippen molar-refractivity contribution in [1.82, 2.24) is 15.3 Å². The molecule has 2 N–H and O–H groups in total. The van der Waals surface area contributed by atoms with Crippen molar-refractivity contribution >= 4 is 5.91 Å². The molecule has 128 valence electrons. The maximum Gasteiger partial charge on any atom is 0.573 e. The smallest absolute Gasteiger partial charge is 0.406 e. The highest BCUT2D eigenvalue weighted by Gasteiger charge is 2.31. The Hall–Kier alpha value is -2.51. The van der Waals surface area contributed by atoms with E-state index in [9.17, 15) is 18.0 Å². The van der Waals surface area contributed by atoms with Crippen molar-refractivity contribution < 1.29 is 22.7 Å². The monoisotopic (exact) mass is 339 g/mol. The number of alkyl halides is 3. The molecule has 1 aliphatic rings. The summed E-state index contributed by atoms with van der Waals surface area (Å²) in [7, 11) is 0. The first-order chi connectivity index (χ1) is 11.4. The normalized spacial score (nSPS) is 17.2. The van der Waals surface area contributed by atoms with E-state index in [2.05, 4.69) is 20.0 Å². The first kappa shape index (κ1) is 16.4. The number of carbonyl (C=O) groups excluding carboxylic acids is 1. The topological polar surface area (TPSA) is 67.0 Å². The van der Waals surface area contributed by atoms with Gasteiger partial charge in [-0.25, -0.2) is 4.98 Å². The number of fused-ring (bicyclic) bond motifs is 1. The molecule has 0 aliphatic heterocycles. The van der Waals surface area contributed by atoms with Gasteiger partial charge in [0.2, 0.25) is 5.91 Å². The van der Waals surface area contributed by atoms with Crippen molar-refractivity contribution in [3.8, 4) is 5.75 Å². The Labute approximate surface area is 136 Å². The Morgan fingerprint density at radius 3 is 2.79 bits per heavy atom. The van der Waals surface area contributed by atoms with E-state index < -0.39 is 6.36 Å². The minimum atomic E-state index is -4.71. The summed E-state index contributed by atoms with van der Waals surface area (Å²) in [5, 5.41) is 2.82. The number of rotatable bonds is 4. The highest BCUT2D eigenvalue weighted by atomic mass is 19.4. The van der Waals surface area contributed by atoms with E-state index in [0.717, 1.165) is 24.2 Å². The average molecular weight is 339 g/mol. The van der Waals surface area contributed by atoms with Gasteiger partial charge in [-0.1, -0.05) is 12.1 Å². The number of hydrogen-bond donors (Lipinski definition) is 2. The lowest BCUT2D eigenvalue weighted by Gasteiger charge is -2.20. The van der Waals surface area contributed by atoms with E-state index in [1.165, 1.54) is 24.3 Å². The molecule has 0 unspecified atom stereocenters. The van der Waals surface area contributed by atoms with E-state index in [1.807, 2.05) is 0 Å². The van der Waals surface area contributed by atoms with E-state index in [0.29, 0.717) is 12.0 Å². The molecule has 0 bridgehead atoms. The molecule has 8 heteroatoms. The highest BCUT2D eigenvalue weighted by Crippen LogP contribution is 2.24. The van der Waals surface area contributed by atoms with Gasteiger partial charge in [0.05, 0.1) is 12.0 Å². The summed E-state index contributed by atoms with van der Waals surface area (Å²) >= 11 is 0. The van der Waals surface area contributed by atoms with Crippen molar-refractivity contribution in [2.24, 2.45) is 5.92 Å². The van der Waals surface area contributed by atoms with Crippen LogP contribution in [0, 0.1) is 5.92 Å². The van der Waals surface area contributed by atoms with Crippen LogP contribution in [0.1, 0.15) is 23.4 Å². The van der Waals surface area contributed by atoms with E-state index >= 15 is 0 Å². The molecule has 1 aromatic heterocycles. The summed E-state index contributed by atoms with van der Waals surface area (Å²) in [6.07, 6.45) is -0.945. The highest BCUT2D eigenvalue weighted by molar-refractivity contribution is 5.79. The zero-order chi connectivity index (χ0) is 17.2. The van der Waals surface area contributed by atoms with Gasteiger partial charge in [-0.15, -0.1) is 13.2 Å². The molecule has 24 heavy (non-hydrogen) atoms. The lowest BCUT2D eigenvalue weighted by atomic mass is 9.89. The molecule has 0 saturated carbocycles. The number of H-pyrrole nitrogens is 1. The molecular weight excluding hydrogens is 323 g/mol. The molecule has 1 aromatic carbocycles. The van der Waals surface area contributed by atoms with Gasteiger partial charge >= 0.3 is 6.36 Å². The summed E-state index contributed by atoms with van der Waals surface area (Å²) in [4.78, 5) is 19.5. The van der Waals surface area contributed by atoms with Crippen LogP contribution in [0.2, 0.25) is 0 Å². The van der Waals surface area contributed by atoms with Crippen molar-refractivity contribution in [3.63, 3.8) is 0 Å². The lowest BCUT2D eigenvalue weighted by molar-refractivity contribution is -0.274. The summed E-state index contributed by atoms with van der Waals surface area (Å²) in [5.74, 6) is -0.465. The number of aromatic amines is 1. The van der Waals surface area contributed by atoms with Crippen LogP contribution < -0.4 is 10.1 Å². The van der Waals surface area contributed by atoms with Crippen LogP contribution in [0.3, 0.4) is 0 Å². The Kier molecular flexibility index (Phi) is 4.46. The minimum absolute atomic E-state index is 0.0640. The van der Waals surface area contributed by atoms with Crippen LogP contribution in [0.15, 0.2) is 30.6 Å². The zero-order valence-electron chi connectivity index (χ0n) is 12.7. The van der Waals surface area contributed by atoms with Crippen LogP contribution in [-0.2, 0) is 24.2 Å². The molecule has 1 aliphatic carbocycles. The quantitative estimate of drug-likeness (QED) is 0.900. The lowest BCUT2D eigenvalue weighted by Crippen LogP contribution is -2.33. The number of carbonyl (C=O) groups is 1. The number of imidazole rings is 1. The number of halogens is 3. The second-order valence-corrected chi connectivity index (χ2v) is 5.68. The van der Waals surface area contributed by atoms with Gasteiger partial charge in [-0.3, -0.25) is 4.79 Å². The summed E-state index contributed by atoms with van der Waals surface area (Å²) in [6.45, 7) is 0.261. The third-order valence-corrected chi connectivity index (χ3v) is 3.98. The summed E-state index contributed by atoms with van der Waals surface area (Å²) in [5.41, 5.74) is 2.71. The molecule has 1 heterocycles. The first-order valence-electron chi connectivity index (χ1n) is 7.54. The largest absolute Gasteiger partial charge is 0.573 e. The van der Waals surface area contributed by atoms with Crippen LogP contribution >= 0.6 is 0 Å². The second kappa shape index (κ2) is 6.54. The number of benzene rings is 1. The zero-order valence-corrected chi connectivity index (χ0v) is 12.7. The van der Waals surface area contributed by atoms with Crippen molar-refractivity contribution in [1.29, 1.82) is 0 Å². The van der Waals surface area contributed by atoms with Crippen molar-refractivity contribution in [3.05, 3.63) is 47.5 Å². The number of hydrogen-bond acceptors (Lipinski definition) is 3. The molecule has 0 spiro atoms. The van der Waals surface area contributed by atoms with Gasteiger partial charge in [0.15, 0.2) is 0 Å². The Bertz CT molecular complexity index is 710.